The monoisotopic (exact) mass is 398 g/mol. The Labute approximate surface area is 164 Å². The van der Waals surface area contributed by atoms with E-state index >= 15 is 0 Å². The van der Waals surface area contributed by atoms with Gasteiger partial charge in [0.05, 0.1) is 12.1 Å². The van der Waals surface area contributed by atoms with Crippen LogP contribution in [0.15, 0.2) is 18.3 Å². The molecular weight excluding hydrogens is 369 g/mol. The minimum Gasteiger partial charge on any atom is -0.355 e. The zero-order chi connectivity index (χ0) is 20.0. The smallest absolute Gasteiger partial charge is 0.355 e. The minimum atomic E-state index is -4.37. The predicted molar refractivity (Wildman–Crippen MR) is 102 cm³/mol. The molecule has 156 valence electrons. The Balaban J connectivity index is 1.48. The minimum absolute atomic E-state index is 0.0769. The van der Waals surface area contributed by atoms with Crippen LogP contribution in [0.3, 0.4) is 0 Å². The van der Waals surface area contributed by atoms with Crippen LogP contribution in [0.1, 0.15) is 50.5 Å². The van der Waals surface area contributed by atoms with E-state index in [1.807, 2.05) is 4.90 Å². The number of alkyl halides is 3. The first kappa shape index (κ1) is 20.9. The molecule has 0 aromatic carbocycles. The van der Waals surface area contributed by atoms with Gasteiger partial charge in [0.25, 0.3) is 0 Å². The lowest BCUT2D eigenvalue weighted by molar-refractivity contribution is -0.137. The normalized spacial score (nSPS) is 20.5. The Hall–Kier alpha value is -1.83. The van der Waals surface area contributed by atoms with Crippen molar-refractivity contribution in [3.05, 3.63) is 23.9 Å². The fourth-order valence-corrected chi connectivity index (χ4v) is 4.00. The Bertz CT molecular complexity index is 627. The van der Waals surface area contributed by atoms with Gasteiger partial charge in [-0.2, -0.15) is 13.2 Å². The molecule has 5 nitrogen and oxygen atoms in total. The number of amides is 1. The van der Waals surface area contributed by atoms with E-state index in [1.165, 1.54) is 31.7 Å². The van der Waals surface area contributed by atoms with Gasteiger partial charge in [0.15, 0.2) is 0 Å². The standard InChI is InChI=1S/C20H29F3N4O/c21-20(22,23)16-8-9-18(24-14-16)27-11-5-10-26(12-13-27)15-19(28)25-17-6-3-1-2-4-7-17/h8-9,14,17H,1-7,10-13,15H2,(H,25,28). The molecule has 1 saturated heterocycles. The second-order valence-electron chi connectivity index (χ2n) is 7.78. The molecule has 1 aromatic heterocycles. The molecule has 1 aliphatic heterocycles. The van der Waals surface area contributed by atoms with Gasteiger partial charge in [-0.3, -0.25) is 9.69 Å². The number of halogens is 3. The van der Waals surface area contributed by atoms with Crippen molar-refractivity contribution in [3.8, 4) is 0 Å². The first-order valence-electron chi connectivity index (χ1n) is 10.2. The summed E-state index contributed by atoms with van der Waals surface area (Å²) in [4.78, 5) is 20.5. The van der Waals surface area contributed by atoms with Gasteiger partial charge in [-0.15, -0.1) is 0 Å². The molecule has 1 aliphatic carbocycles. The van der Waals surface area contributed by atoms with Crippen LogP contribution in [0.2, 0.25) is 0 Å². The number of hydrogen-bond donors (Lipinski definition) is 1. The van der Waals surface area contributed by atoms with Gasteiger partial charge in [0, 0.05) is 38.4 Å². The van der Waals surface area contributed by atoms with E-state index < -0.39 is 11.7 Å². The molecule has 28 heavy (non-hydrogen) atoms. The van der Waals surface area contributed by atoms with E-state index in [1.54, 1.807) is 0 Å². The number of nitrogens with zero attached hydrogens (tertiary/aromatic N) is 3. The molecule has 1 saturated carbocycles. The number of carbonyl (C=O) groups is 1. The van der Waals surface area contributed by atoms with Gasteiger partial charge < -0.3 is 10.2 Å². The number of nitrogens with one attached hydrogen (secondary N) is 1. The number of rotatable bonds is 4. The maximum Gasteiger partial charge on any atom is 0.417 e. The fourth-order valence-electron chi connectivity index (χ4n) is 4.00. The third-order valence-electron chi connectivity index (χ3n) is 5.58. The van der Waals surface area contributed by atoms with Crippen molar-refractivity contribution in [1.29, 1.82) is 0 Å². The highest BCUT2D eigenvalue weighted by molar-refractivity contribution is 5.78. The summed E-state index contributed by atoms with van der Waals surface area (Å²) in [5, 5.41) is 3.18. The van der Waals surface area contributed by atoms with Crippen LogP contribution in [-0.4, -0.2) is 54.6 Å². The second-order valence-corrected chi connectivity index (χ2v) is 7.78. The first-order chi connectivity index (χ1) is 13.4. The van der Waals surface area contributed by atoms with Gasteiger partial charge in [0.1, 0.15) is 5.82 Å². The molecule has 1 N–H and O–H groups in total. The van der Waals surface area contributed by atoms with E-state index in [0.717, 1.165) is 44.6 Å². The van der Waals surface area contributed by atoms with E-state index in [0.29, 0.717) is 31.5 Å². The van der Waals surface area contributed by atoms with Crippen LogP contribution >= 0.6 is 0 Å². The van der Waals surface area contributed by atoms with Gasteiger partial charge in [-0.1, -0.05) is 25.7 Å². The third-order valence-corrected chi connectivity index (χ3v) is 5.58. The van der Waals surface area contributed by atoms with Crippen LogP contribution in [0.4, 0.5) is 19.0 Å². The maximum absolute atomic E-state index is 12.7. The summed E-state index contributed by atoms with van der Waals surface area (Å²) in [5.41, 5.74) is -0.733. The lowest BCUT2D eigenvalue weighted by atomic mass is 10.1. The van der Waals surface area contributed by atoms with Crippen LogP contribution in [0, 0.1) is 0 Å². The number of carbonyl (C=O) groups excluding carboxylic acids is 1. The summed E-state index contributed by atoms with van der Waals surface area (Å²) in [6, 6.07) is 2.80. The van der Waals surface area contributed by atoms with Crippen LogP contribution < -0.4 is 10.2 Å². The zero-order valence-electron chi connectivity index (χ0n) is 16.2. The largest absolute Gasteiger partial charge is 0.417 e. The average Bonchev–Trinajstić information content (AvgIpc) is 3.04. The molecule has 0 atom stereocenters. The van der Waals surface area contributed by atoms with E-state index in [4.69, 9.17) is 0 Å². The second kappa shape index (κ2) is 9.58. The van der Waals surface area contributed by atoms with Crippen molar-refractivity contribution in [2.24, 2.45) is 0 Å². The molecule has 0 radical (unpaired) electrons. The van der Waals surface area contributed by atoms with Crippen molar-refractivity contribution in [2.75, 3.05) is 37.6 Å². The van der Waals surface area contributed by atoms with Gasteiger partial charge in [-0.05, 0) is 31.4 Å². The fraction of sp³-hybridized carbons (Fsp3) is 0.700. The highest BCUT2D eigenvalue weighted by Crippen LogP contribution is 2.29. The Kier molecular flexibility index (Phi) is 7.15. The summed E-state index contributed by atoms with van der Waals surface area (Å²) in [6.07, 6.45) is 4.38. The van der Waals surface area contributed by atoms with Crippen molar-refractivity contribution < 1.29 is 18.0 Å². The summed E-state index contributed by atoms with van der Waals surface area (Å²) in [5.74, 6) is 0.630. The maximum atomic E-state index is 12.7. The zero-order valence-corrected chi connectivity index (χ0v) is 16.2. The molecule has 1 amide bonds. The average molecular weight is 398 g/mol. The SMILES string of the molecule is O=C(CN1CCCN(c2ccc(C(F)(F)F)cn2)CC1)NC1CCCCCC1. The molecule has 1 aromatic rings. The predicted octanol–water partition coefficient (Wildman–Crippen LogP) is 3.45. The van der Waals surface area contributed by atoms with Gasteiger partial charge in [0.2, 0.25) is 5.91 Å². The molecule has 0 unspecified atom stereocenters. The highest BCUT2D eigenvalue weighted by Gasteiger charge is 2.31. The number of anilines is 1. The van der Waals surface area contributed by atoms with Crippen LogP contribution in [-0.2, 0) is 11.0 Å². The summed E-state index contributed by atoms with van der Waals surface area (Å²) in [7, 11) is 0. The van der Waals surface area contributed by atoms with E-state index in [9.17, 15) is 18.0 Å². The Morgan fingerprint density at radius 1 is 1.04 bits per heavy atom. The van der Waals surface area contributed by atoms with Crippen LogP contribution in [0.5, 0.6) is 0 Å². The first-order valence-corrected chi connectivity index (χ1v) is 10.2. The Morgan fingerprint density at radius 2 is 1.79 bits per heavy atom. The molecule has 0 spiro atoms. The Morgan fingerprint density at radius 3 is 2.43 bits per heavy atom. The van der Waals surface area contributed by atoms with Crippen molar-refractivity contribution >= 4 is 11.7 Å². The van der Waals surface area contributed by atoms with Crippen molar-refractivity contribution in [1.82, 2.24) is 15.2 Å². The lowest BCUT2D eigenvalue weighted by Crippen LogP contribution is -2.43. The molecule has 0 bridgehead atoms. The number of pyridine rings is 1. The molecule has 2 aliphatic rings. The number of aromatic nitrogens is 1. The van der Waals surface area contributed by atoms with Crippen molar-refractivity contribution in [3.63, 3.8) is 0 Å². The molecule has 2 fully saturated rings. The topological polar surface area (TPSA) is 48.5 Å². The quantitative estimate of drug-likeness (QED) is 0.790. The highest BCUT2D eigenvalue weighted by atomic mass is 19.4. The molecule has 2 heterocycles. The number of hydrogen-bond acceptors (Lipinski definition) is 4. The van der Waals surface area contributed by atoms with Crippen molar-refractivity contribution in [2.45, 2.75) is 57.2 Å². The summed E-state index contributed by atoms with van der Waals surface area (Å²) < 4.78 is 38.1. The van der Waals surface area contributed by atoms with Gasteiger partial charge in [-0.25, -0.2) is 4.98 Å². The lowest BCUT2D eigenvalue weighted by Gasteiger charge is -2.23. The van der Waals surface area contributed by atoms with Crippen LogP contribution in [0.25, 0.3) is 0 Å². The molecule has 3 rings (SSSR count). The van der Waals surface area contributed by atoms with E-state index in [2.05, 4.69) is 15.2 Å². The molecule has 8 heteroatoms. The van der Waals surface area contributed by atoms with E-state index in [-0.39, 0.29) is 5.91 Å². The summed E-state index contributed by atoms with van der Waals surface area (Å²) in [6.45, 7) is 3.25. The third kappa shape index (κ3) is 6.09. The van der Waals surface area contributed by atoms with Gasteiger partial charge >= 0.3 is 6.18 Å². The summed E-state index contributed by atoms with van der Waals surface area (Å²) >= 11 is 0. The molecular formula is C20H29F3N4O.